The number of hydrogen-bond donors (Lipinski definition) is 2. The topological polar surface area (TPSA) is 99.6 Å². The molecule has 1 heterocycles. The van der Waals surface area contributed by atoms with Crippen molar-refractivity contribution in [1.29, 1.82) is 0 Å². The molecule has 152 valence electrons. The van der Waals surface area contributed by atoms with E-state index in [0.29, 0.717) is 12.4 Å². The number of aliphatic carboxylic acids is 1. The van der Waals surface area contributed by atoms with Crippen LogP contribution < -0.4 is 15.2 Å². The van der Waals surface area contributed by atoms with Crippen LogP contribution in [0.1, 0.15) is 11.4 Å². The van der Waals surface area contributed by atoms with E-state index in [1.54, 1.807) is 19.2 Å². The number of methoxy groups -OCH3 is 1. The smallest absolute Gasteiger partial charge is 0.320 e. The summed E-state index contributed by atoms with van der Waals surface area (Å²) in [6, 6.07) is 12.1. The van der Waals surface area contributed by atoms with Crippen molar-refractivity contribution in [3.05, 3.63) is 53.9 Å². The summed E-state index contributed by atoms with van der Waals surface area (Å²) in [6.07, 6.45) is 0.280. The fourth-order valence-electron chi connectivity index (χ4n) is 2.69. The Morgan fingerprint density at radius 3 is 2.43 bits per heavy atom. The largest absolute Gasteiger partial charge is 0.497 e. The van der Waals surface area contributed by atoms with E-state index in [1.807, 2.05) is 41.9 Å². The van der Waals surface area contributed by atoms with E-state index >= 15 is 0 Å². The molecule has 0 radical (unpaired) electrons. The van der Waals surface area contributed by atoms with E-state index in [-0.39, 0.29) is 31.2 Å². The van der Waals surface area contributed by atoms with Crippen molar-refractivity contribution in [3.63, 3.8) is 0 Å². The summed E-state index contributed by atoms with van der Waals surface area (Å²) in [7, 11) is 3.57. The van der Waals surface area contributed by atoms with Crippen LogP contribution in [0.2, 0.25) is 0 Å². The Balaban J connectivity index is 0.00000196. The molecule has 0 fully saturated rings. The van der Waals surface area contributed by atoms with Gasteiger partial charge in [0.25, 0.3) is 0 Å². The monoisotopic (exact) mass is 427 g/mol. The molecular weight excluding hydrogens is 405 g/mol. The van der Waals surface area contributed by atoms with Gasteiger partial charge in [0.2, 0.25) is 0 Å². The molecule has 2 aromatic carbocycles. The zero-order chi connectivity index (χ0) is 18.7. The maximum Gasteiger partial charge on any atom is 0.320 e. The van der Waals surface area contributed by atoms with Crippen LogP contribution in [-0.4, -0.2) is 33.8 Å². The summed E-state index contributed by atoms with van der Waals surface area (Å²) in [4.78, 5) is 15.4. The molecule has 28 heavy (non-hydrogen) atoms. The number of carbonyl (C=O) groups is 1. The molecule has 1 unspecified atom stereocenters. The molecule has 0 aliphatic heterocycles. The summed E-state index contributed by atoms with van der Waals surface area (Å²) >= 11 is 0. The first-order valence-corrected chi connectivity index (χ1v) is 8.17. The van der Waals surface area contributed by atoms with Crippen molar-refractivity contribution in [2.45, 2.75) is 19.1 Å². The zero-order valence-corrected chi connectivity index (χ0v) is 17.1. The average Bonchev–Trinajstić information content (AvgIpc) is 2.96. The van der Waals surface area contributed by atoms with Gasteiger partial charge >= 0.3 is 5.97 Å². The maximum atomic E-state index is 10.8. The highest BCUT2D eigenvalue weighted by Gasteiger charge is 2.12. The molecule has 1 atom stereocenters. The number of aromatic nitrogens is 2. The van der Waals surface area contributed by atoms with Gasteiger partial charge < -0.3 is 24.9 Å². The second-order valence-electron chi connectivity index (χ2n) is 6.02. The van der Waals surface area contributed by atoms with Gasteiger partial charge in [-0.1, -0.05) is 12.1 Å². The van der Waals surface area contributed by atoms with E-state index in [2.05, 4.69) is 4.98 Å². The maximum absolute atomic E-state index is 10.8. The number of halogens is 2. The number of nitrogens with zero attached hydrogens (tertiary/aromatic N) is 2. The van der Waals surface area contributed by atoms with Gasteiger partial charge in [-0.15, -0.1) is 24.8 Å². The van der Waals surface area contributed by atoms with Crippen molar-refractivity contribution in [3.8, 4) is 11.5 Å². The lowest BCUT2D eigenvalue weighted by molar-refractivity contribution is -0.138. The minimum absolute atomic E-state index is 0. The van der Waals surface area contributed by atoms with Crippen LogP contribution in [0.15, 0.2) is 42.5 Å². The van der Waals surface area contributed by atoms with Crippen molar-refractivity contribution < 1.29 is 19.4 Å². The standard InChI is InChI=1S/C19H21N3O4.2ClH/c1-22-17-10-14(25-2)7-8-16(17)21-18(22)11-26-13-5-3-12(4-6-13)9-15(20)19(23)24;;/h3-8,10,15H,9,11,20H2,1-2H3,(H,23,24);2*1H. The van der Waals surface area contributed by atoms with Crippen LogP contribution >= 0.6 is 24.8 Å². The van der Waals surface area contributed by atoms with Crippen LogP contribution in [0.5, 0.6) is 11.5 Å². The quantitative estimate of drug-likeness (QED) is 0.600. The van der Waals surface area contributed by atoms with E-state index in [9.17, 15) is 4.79 Å². The molecule has 7 nitrogen and oxygen atoms in total. The van der Waals surface area contributed by atoms with E-state index in [4.69, 9.17) is 20.3 Å². The summed E-state index contributed by atoms with van der Waals surface area (Å²) in [5, 5.41) is 8.86. The molecule has 9 heteroatoms. The molecule has 0 amide bonds. The van der Waals surface area contributed by atoms with Crippen LogP contribution in [0.25, 0.3) is 11.0 Å². The molecule has 1 aromatic heterocycles. The molecule has 0 aliphatic carbocycles. The second kappa shape index (κ2) is 10.2. The Hall–Kier alpha value is -2.48. The van der Waals surface area contributed by atoms with E-state index in [0.717, 1.165) is 28.2 Å². The van der Waals surface area contributed by atoms with Gasteiger partial charge in [-0.3, -0.25) is 4.79 Å². The fraction of sp³-hybridized carbons (Fsp3) is 0.263. The number of carboxylic acid groups (broad SMARTS) is 1. The number of nitrogens with two attached hydrogens (primary N) is 1. The first-order valence-electron chi connectivity index (χ1n) is 8.17. The van der Waals surface area contributed by atoms with Gasteiger partial charge in [-0.25, -0.2) is 4.98 Å². The Morgan fingerprint density at radius 2 is 1.82 bits per heavy atom. The van der Waals surface area contributed by atoms with E-state index in [1.165, 1.54) is 0 Å². The van der Waals surface area contributed by atoms with Crippen LogP contribution in [0, 0.1) is 0 Å². The molecule has 0 spiro atoms. The molecule has 3 rings (SSSR count). The van der Waals surface area contributed by atoms with Crippen LogP contribution in [-0.2, 0) is 24.9 Å². The van der Waals surface area contributed by atoms with Gasteiger partial charge in [-0.05, 0) is 36.2 Å². The van der Waals surface area contributed by atoms with Crippen molar-refractivity contribution in [2.24, 2.45) is 12.8 Å². The molecular formula is C19H23Cl2N3O4. The second-order valence-corrected chi connectivity index (χ2v) is 6.02. The van der Waals surface area contributed by atoms with Gasteiger partial charge in [0.1, 0.15) is 30.0 Å². The van der Waals surface area contributed by atoms with Crippen molar-refractivity contribution >= 4 is 41.8 Å². The predicted octanol–water partition coefficient (Wildman–Crippen LogP) is 2.96. The highest BCUT2D eigenvalue weighted by Crippen LogP contribution is 2.22. The highest BCUT2D eigenvalue weighted by molar-refractivity contribution is 5.85. The van der Waals surface area contributed by atoms with Crippen LogP contribution in [0.3, 0.4) is 0 Å². The van der Waals surface area contributed by atoms with Crippen molar-refractivity contribution in [1.82, 2.24) is 9.55 Å². The Bertz CT molecular complexity index is 929. The summed E-state index contributed by atoms with van der Waals surface area (Å²) in [6.45, 7) is 0.321. The minimum Gasteiger partial charge on any atom is -0.497 e. The number of carboxylic acids is 1. The molecule has 3 aromatic rings. The predicted molar refractivity (Wildman–Crippen MR) is 112 cm³/mol. The van der Waals surface area contributed by atoms with Gasteiger partial charge in [-0.2, -0.15) is 0 Å². The fourth-order valence-corrected chi connectivity index (χ4v) is 2.69. The average molecular weight is 428 g/mol. The molecule has 0 saturated heterocycles. The minimum atomic E-state index is -1.01. The third-order valence-electron chi connectivity index (χ3n) is 4.24. The number of rotatable bonds is 7. The summed E-state index contributed by atoms with van der Waals surface area (Å²) in [5.74, 6) is 1.25. The molecule has 0 bridgehead atoms. The summed E-state index contributed by atoms with van der Waals surface area (Å²) < 4.78 is 13.0. The number of ether oxygens (including phenoxy) is 2. The number of imidazole rings is 1. The van der Waals surface area contributed by atoms with Gasteiger partial charge in [0, 0.05) is 13.1 Å². The zero-order valence-electron chi connectivity index (χ0n) is 15.5. The normalized spacial score (nSPS) is 11.2. The highest BCUT2D eigenvalue weighted by atomic mass is 35.5. The van der Waals surface area contributed by atoms with Crippen molar-refractivity contribution in [2.75, 3.05) is 7.11 Å². The Labute approximate surface area is 175 Å². The lowest BCUT2D eigenvalue weighted by Gasteiger charge is -2.09. The lowest BCUT2D eigenvalue weighted by atomic mass is 10.1. The Morgan fingerprint density at radius 1 is 1.18 bits per heavy atom. The number of fused-ring (bicyclic) bond motifs is 1. The summed E-state index contributed by atoms with van der Waals surface area (Å²) in [5.41, 5.74) is 8.25. The van der Waals surface area contributed by atoms with Crippen LogP contribution in [0.4, 0.5) is 0 Å². The van der Waals surface area contributed by atoms with Gasteiger partial charge in [0.05, 0.1) is 18.1 Å². The molecule has 0 saturated carbocycles. The Kier molecular flexibility index (Phi) is 8.56. The molecule has 3 N–H and O–H groups in total. The SMILES string of the molecule is COc1ccc2nc(COc3ccc(CC(N)C(=O)O)cc3)n(C)c2c1.Cl.Cl. The molecule has 0 aliphatic rings. The first-order chi connectivity index (χ1) is 12.5. The number of hydrogen-bond acceptors (Lipinski definition) is 5. The lowest BCUT2D eigenvalue weighted by Crippen LogP contribution is -2.32. The third-order valence-corrected chi connectivity index (χ3v) is 4.24. The number of benzene rings is 2. The van der Waals surface area contributed by atoms with E-state index < -0.39 is 12.0 Å². The first kappa shape index (κ1) is 23.6. The number of aryl methyl sites for hydroxylation is 1. The third kappa shape index (κ3) is 5.28. The van der Waals surface area contributed by atoms with Gasteiger partial charge in [0.15, 0.2) is 0 Å².